The molecule has 0 spiro atoms. The van der Waals surface area contributed by atoms with Crippen molar-refractivity contribution < 1.29 is 0 Å². The summed E-state index contributed by atoms with van der Waals surface area (Å²) in [7, 11) is 0. The van der Waals surface area contributed by atoms with E-state index in [1.54, 1.807) is 0 Å². The molecule has 1 fully saturated rings. The van der Waals surface area contributed by atoms with Crippen LogP contribution in [0.25, 0.3) is 22.4 Å². The quantitative estimate of drug-likeness (QED) is 0.605. The Morgan fingerprint density at radius 1 is 1.20 bits per heavy atom. The first-order valence-electron chi connectivity index (χ1n) is 8.34. The van der Waals surface area contributed by atoms with Crippen LogP contribution in [0.5, 0.6) is 0 Å². The lowest BCUT2D eigenvalue weighted by Gasteiger charge is -2.15. The van der Waals surface area contributed by atoms with Gasteiger partial charge in [0, 0.05) is 40.0 Å². The number of imidazole rings is 1. The van der Waals surface area contributed by atoms with E-state index in [1.807, 2.05) is 29.8 Å². The maximum Gasteiger partial charge on any atom is 0.142 e. The zero-order chi connectivity index (χ0) is 16.8. The molecule has 2 aromatic heterocycles. The molecule has 5 rings (SSSR count). The summed E-state index contributed by atoms with van der Waals surface area (Å²) in [6.45, 7) is 0.742. The lowest BCUT2D eigenvalue weighted by atomic mass is 10.2. The fourth-order valence-electron chi connectivity index (χ4n) is 3.24. The summed E-state index contributed by atoms with van der Waals surface area (Å²) < 4.78 is 3.64. The normalized spacial score (nSPS) is 16.6. The molecule has 7 heteroatoms. The van der Waals surface area contributed by atoms with Gasteiger partial charge in [0.05, 0.1) is 17.6 Å². The van der Waals surface area contributed by atoms with Crippen LogP contribution < -0.4 is 11.0 Å². The molecule has 1 aliphatic heterocycles. The summed E-state index contributed by atoms with van der Waals surface area (Å²) in [6.07, 6.45) is 10.1. The number of nitrogens with zero attached hydrogens (tertiary/aromatic N) is 4. The molecule has 0 unspecified atom stereocenters. The van der Waals surface area contributed by atoms with E-state index in [9.17, 15) is 0 Å². The summed E-state index contributed by atoms with van der Waals surface area (Å²) in [6, 6.07) is 9.21. The van der Waals surface area contributed by atoms with Gasteiger partial charge in [0.2, 0.25) is 0 Å². The molecule has 1 aliphatic carbocycles. The number of rotatable bonds is 4. The monoisotopic (exact) mass is 444 g/mol. The fourth-order valence-corrected chi connectivity index (χ4v) is 3.72. The van der Waals surface area contributed by atoms with Gasteiger partial charge in [-0.15, -0.1) is 5.53 Å². The second-order valence-electron chi connectivity index (χ2n) is 6.45. The minimum absolute atomic E-state index is 0.564. The molecule has 6 nitrogen and oxygen atoms in total. The first kappa shape index (κ1) is 15.2. The number of hydrogen-bond acceptors (Lipinski definition) is 5. The zero-order valence-corrected chi connectivity index (χ0v) is 15.6. The topological polar surface area (TPSA) is 58.0 Å². The average Bonchev–Trinajstić information content (AvgIpc) is 3.19. The van der Waals surface area contributed by atoms with Gasteiger partial charge in [-0.3, -0.25) is 9.99 Å². The van der Waals surface area contributed by atoms with Crippen molar-refractivity contribution in [1.29, 1.82) is 0 Å². The SMILES string of the molecule is Ic1ccc2nc(-c3cncc(CN4C=CNN4)c3)n(C3CC3)c2c1. The lowest BCUT2D eigenvalue weighted by Crippen LogP contribution is -2.34. The van der Waals surface area contributed by atoms with Gasteiger partial charge < -0.3 is 9.99 Å². The molecular weight excluding hydrogens is 427 g/mol. The predicted octanol–water partition coefficient (Wildman–Crippen LogP) is 3.33. The molecule has 0 atom stereocenters. The van der Waals surface area contributed by atoms with E-state index in [2.05, 4.69) is 67.4 Å². The van der Waals surface area contributed by atoms with E-state index < -0.39 is 0 Å². The molecule has 3 aromatic rings. The standard InChI is InChI=1S/C18H17IN6/c19-14-1-4-16-17(8-14)25(15-2-3-15)18(22-16)13-7-12(9-20-10-13)11-24-6-5-21-23-24/h1,4-10,15,21,23H,2-3,11H2. The maximum atomic E-state index is 4.92. The Morgan fingerprint density at radius 3 is 2.92 bits per heavy atom. The summed E-state index contributed by atoms with van der Waals surface area (Å²) in [5, 5.41) is 1.98. The largest absolute Gasteiger partial charge is 0.321 e. The molecule has 2 aliphatic rings. The van der Waals surface area contributed by atoms with Crippen molar-refractivity contribution in [3.05, 3.63) is 58.2 Å². The van der Waals surface area contributed by atoms with E-state index in [0.29, 0.717) is 6.04 Å². The molecule has 0 amide bonds. The summed E-state index contributed by atoms with van der Waals surface area (Å²) in [4.78, 5) is 9.38. The molecule has 126 valence electrons. The van der Waals surface area contributed by atoms with Gasteiger partial charge in [0.25, 0.3) is 0 Å². The van der Waals surface area contributed by atoms with Gasteiger partial charge in [0.1, 0.15) is 5.82 Å². The van der Waals surface area contributed by atoms with Crippen molar-refractivity contribution in [3.63, 3.8) is 0 Å². The van der Waals surface area contributed by atoms with Crippen LogP contribution in [0.4, 0.5) is 0 Å². The Balaban J connectivity index is 1.58. The van der Waals surface area contributed by atoms with Crippen LogP contribution >= 0.6 is 22.6 Å². The average molecular weight is 444 g/mol. The first-order valence-corrected chi connectivity index (χ1v) is 9.42. The number of hydrazine groups is 2. The van der Waals surface area contributed by atoms with E-state index >= 15 is 0 Å². The summed E-state index contributed by atoms with van der Waals surface area (Å²) in [5.74, 6) is 1.02. The van der Waals surface area contributed by atoms with E-state index in [4.69, 9.17) is 4.98 Å². The van der Waals surface area contributed by atoms with E-state index in [1.165, 1.54) is 21.9 Å². The van der Waals surface area contributed by atoms with Gasteiger partial charge in [0.15, 0.2) is 0 Å². The highest BCUT2D eigenvalue weighted by Gasteiger charge is 2.29. The molecule has 0 radical (unpaired) electrons. The van der Waals surface area contributed by atoms with Crippen LogP contribution in [-0.4, -0.2) is 19.5 Å². The van der Waals surface area contributed by atoms with E-state index in [-0.39, 0.29) is 0 Å². The van der Waals surface area contributed by atoms with Crippen molar-refractivity contribution in [3.8, 4) is 11.4 Å². The molecule has 0 bridgehead atoms. The van der Waals surface area contributed by atoms with Crippen LogP contribution in [-0.2, 0) is 6.54 Å². The van der Waals surface area contributed by atoms with Gasteiger partial charge >= 0.3 is 0 Å². The van der Waals surface area contributed by atoms with Gasteiger partial charge in [-0.2, -0.15) is 0 Å². The number of hydrogen-bond donors (Lipinski definition) is 2. The Morgan fingerprint density at radius 2 is 2.12 bits per heavy atom. The third-order valence-electron chi connectivity index (χ3n) is 4.52. The van der Waals surface area contributed by atoms with Crippen molar-refractivity contribution in [1.82, 2.24) is 30.5 Å². The summed E-state index contributed by atoms with van der Waals surface area (Å²) in [5.41, 5.74) is 10.5. The maximum absolute atomic E-state index is 4.92. The number of halogens is 1. The Kier molecular flexibility index (Phi) is 3.63. The molecule has 2 N–H and O–H groups in total. The second kappa shape index (κ2) is 5.99. The van der Waals surface area contributed by atoms with Crippen molar-refractivity contribution in [2.45, 2.75) is 25.4 Å². The third kappa shape index (κ3) is 2.87. The fraction of sp³-hybridized carbons (Fsp3) is 0.222. The smallest absolute Gasteiger partial charge is 0.142 e. The first-order chi connectivity index (χ1) is 12.3. The van der Waals surface area contributed by atoms with Crippen LogP contribution in [0.1, 0.15) is 24.4 Å². The molecule has 1 aromatic carbocycles. The molecular formula is C18H17IN6. The third-order valence-corrected chi connectivity index (χ3v) is 5.19. The van der Waals surface area contributed by atoms with Crippen LogP contribution in [0.15, 0.2) is 49.1 Å². The van der Waals surface area contributed by atoms with Crippen LogP contribution in [0.2, 0.25) is 0 Å². The molecule has 0 saturated heterocycles. The highest BCUT2D eigenvalue weighted by atomic mass is 127. The van der Waals surface area contributed by atoms with Crippen LogP contribution in [0, 0.1) is 3.57 Å². The number of aromatic nitrogens is 3. The Bertz CT molecular complexity index is 975. The minimum atomic E-state index is 0.564. The predicted molar refractivity (Wildman–Crippen MR) is 105 cm³/mol. The molecule has 25 heavy (non-hydrogen) atoms. The lowest BCUT2D eigenvalue weighted by molar-refractivity contribution is 0.264. The zero-order valence-electron chi connectivity index (χ0n) is 13.5. The molecule has 3 heterocycles. The molecule has 1 saturated carbocycles. The van der Waals surface area contributed by atoms with Crippen molar-refractivity contribution in [2.75, 3.05) is 0 Å². The number of nitrogens with one attached hydrogen (secondary N) is 2. The number of benzene rings is 1. The van der Waals surface area contributed by atoms with Gasteiger partial charge in [-0.05, 0) is 65.3 Å². The summed E-state index contributed by atoms with van der Waals surface area (Å²) >= 11 is 2.37. The van der Waals surface area contributed by atoms with E-state index in [0.717, 1.165) is 29.0 Å². The number of pyridine rings is 1. The van der Waals surface area contributed by atoms with Gasteiger partial charge in [-0.1, -0.05) is 0 Å². The van der Waals surface area contributed by atoms with Crippen molar-refractivity contribution in [2.24, 2.45) is 0 Å². The minimum Gasteiger partial charge on any atom is -0.321 e. The van der Waals surface area contributed by atoms with Crippen molar-refractivity contribution >= 4 is 33.6 Å². The highest BCUT2D eigenvalue weighted by molar-refractivity contribution is 14.1. The Labute approximate surface area is 159 Å². The Hall–Kier alpha value is -2.13. The van der Waals surface area contributed by atoms with Crippen LogP contribution in [0.3, 0.4) is 0 Å². The highest BCUT2D eigenvalue weighted by Crippen LogP contribution is 2.41. The van der Waals surface area contributed by atoms with Gasteiger partial charge in [-0.25, -0.2) is 4.98 Å². The number of fused-ring (bicyclic) bond motifs is 1. The second-order valence-corrected chi connectivity index (χ2v) is 7.70.